The van der Waals surface area contributed by atoms with Gasteiger partial charge < -0.3 is 10.1 Å². The van der Waals surface area contributed by atoms with Gasteiger partial charge in [0.05, 0.1) is 16.7 Å². The summed E-state index contributed by atoms with van der Waals surface area (Å²) in [7, 11) is 0. The van der Waals surface area contributed by atoms with Crippen LogP contribution in [0.3, 0.4) is 0 Å². The molecule has 1 aliphatic heterocycles. The van der Waals surface area contributed by atoms with Crippen molar-refractivity contribution in [2.24, 2.45) is 23.7 Å². The van der Waals surface area contributed by atoms with Crippen LogP contribution in [0, 0.1) is 27.2 Å². The van der Waals surface area contributed by atoms with Crippen molar-refractivity contribution >= 4 is 56.1 Å². The lowest BCUT2D eigenvalue weighted by atomic mass is 9.79. The van der Waals surface area contributed by atoms with Crippen LogP contribution in [0.1, 0.15) is 6.42 Å². The van der Waals surface area contributed by atoms with E-state index < -0.39 is 0 Å². The molecule has 0 spiro atoms. The molecule has 1 saturated heterocycles. The van der Waals surface area contributed by atoms with E-state index in [2.05, 4.69) is 43.8 Å². The van der Waals surface area contributed by atoms with E-state index in [1.54, 1.807) is 0 Å². The van der Waals surface area contributed by atoms with E-state index in [0.717, 1.165) is 15.7 Å². The smallest absolute Gasteiger partial charge is 0.310 e. The van der Waals surface area contributed by atoms with Crippen molar-refractivity contribution in [3.8, 4) is 0 Å². The standard InChI is InChI=1S/C15H13BrINO3/c16-12-8-5-9-11(15(20)21-13(9)12)10(8)14(19)18-7-3-1-6(17)2-4-7/h1-4,8-13H,5H2,(H,18,19)/t8-,9-,10-,11+,12-,13+/m1/s1. The summed E-state index contributed by atoms with van der Waals surface area (Å²) in [6, 6.07) is 7.66. The molecule has 0 unspecified atom stereocenters. The number of amides is 1. The second-order valence-corrected chi connectivity index (χ2v) is 8.26. The van der Waals surface area contributed by atoms with E-state index in [9.17, 15) is 9.59 Å². The lowest BCUT2D eigenvalue weighted by molar-refractivity contribution is -0.145. The van der Waals surface area contributed by atoms with Gasteiger partial charge in [0.1, 0.15) is 6.10 Å². The second kappa shape index (κ2) is 4.94. The first-order valence-corrected chi connectivity index (χ1v) is 8.96. The first-order chi connectivity index (χ1) is 10.1. The van der Waals surface area contributed by atoms with Crippen LogP contribution in [0.25, 0.3) is 0 Å². The Hall–Kier alpha value is -0.630. The maximum absolute atomic E-state index is 12.6. The van der Waals surface area contributed by atoms with Crippen molar-refractivity contribution in [2.45, 2.75) is 17.4 Å². The largest absolute Gasteiger partial charge is 0.461 e. The molecule has 1 aromatic carbocycles. The zero-order valence-corrected chi connectivity index (χ0v) is 14.7. The van der Waals surface area contributed by atoms with Crippen LogP contribution in [-0.4, -0.2) is 22.8 Å². The van der Waals surface area contributed by atoms with E-state index in [0.29, 0.717) is 0 Å². The summed E-state index contributed by atoms with van der Waals surface area (Å²) in [6.07, 6.45) is 0.872. The van der Waals surface area contributed by atoms with Crippen molar-refractivity contribution in [3.05, 3.63) is 27.8 Å². The lowest BCUT2D eigenvalue weighted by Crippen LogP contribution is -2.40. The minimum Gasteiger partial charge on any atom is -0.461 e. The maximum Gasteiger partial charge on any atom is 0.310 e. The van der Waals surface area contributed by atoms with Crippen LogP contribution < -0.4 is 5.32 Å². The molecule has 2 saturated carbocycles. The average molecular weight is 462 g/mol. The van der Waals surface area contributed by atoms with E-state index in [-0.39, 0.29) is 46.5 Å². The molecular formula is C15H13BrINO3. The van der Waals surface area contributed by atoms with Gasteiger partial charge in [0.15, 0.2) is 0 Å². The zero-order valence-electron chi connectivity index (χ0n) is 11.0. The molecule has 0 radical (unpaired) electrons. The molecule has 6 atom stereocenters. The fraction of sp³-hybridized carbons (Fsp3) is 0.467. The number of hydrogen-bond donors (Lipinski definition) is 1. The molecule has 6 heteroatoms. The first-order valence-electron chi connectivity index (χ1n) is 6.97. The number of carbonyl (C=O) groups excluding carboxylic acids is 2. The molecule has 1 aromatic rings. The minimum atomic E-state index is -0.273. The Balaban J connectivity index is 1.57. The summed E-state index contributed by atoms with van der Waals surface area (Å²) in [6.45, 7) is 0. The highest BCUT2D eigenvalue weighted by molar-refractivity contribution is 14.1. The van der Waals surface area contributed by atoms with Gasteiger partial charge in [-0.25, -0.2) is 0 Å². The fourth-order valence-corrected chi connectivity index (χ4v) is 5.49. The highest BCUT2D eigenvalue weighted by Crippen LogP contribution is 2.60. The molecule has 2 bridgehead atoms. The number of alkyl halides is 1. The number of benzene rings is 1. The minimum absolute atomic E-state index is 0.0325. The van der Waals surface area contributed by atoms with Gasteiger partial charge >= 0.3 is 5.97 Å². The predicted molar refractivity (Wildman–Crippen MR) is 89.0 cm³/mol. The van der Waals surface area contributed by atoms with E-state index >= 15 is 0 Å². The molecule has 3 aliphatic rings. The van der Waals surface area contributed by atoms with E-state index in [4.69, 9.17) is 4.74 Å². The van der Waals surface area contributed by atoms with Gasteiger partial charge in [-0.1, -0.05) is 15.9 Å². The number of esters is 1. The third-order valence-corrected chi connectivity index (χ3v) is 6.86. The number of fused-ring (bicyclic) bond motifs is 1. The molecular weight excluding hydrogens is 449 g/mol. The average Bonchev–Trinajstić information content (AvgIpc) is 3.05. The molecule has 1 heterocycles. The van der Waals surface area contributed by atoms with Crippen LogP contribution in [0.15, 0.2) is 24.3 Å². The van der Waals surface area contributed by atoms with Crippen LogP contribution in [0.5, 0.6) is 0 Å². The Morgan fingerprint density at radius 3 is 2.71 bits per heavy atom. The quantitative estimate of drug-likeness (QED) is 0.418. The number of halogens is 2. The Morgan fingerprint density at radius 1 is 1.29 bits per heavy atom. The number of anilines is 1. The van der Waals surface area contributed by atoms with Gasteiger partial charge in [-0.3, -0.25) is 9.59 Å². The highest BCUT2D eigenvalue weighted by Gasteiger charge is 2.67. The summed E-state index contributed by atoms with van der Waals surface area (Å²) >= 11 is 5.84. The van der Waals surface area contributed by atoms with E-state index in [1.807, 2.05) is 24.3 Å². The van der Waals surface area contributed by atoms with Crippen molar-refractivity contribution in [1.29, 1.82) is 0 Å². The van der Waals surface area contributed by atoms with Crippen molar-refractivity contribution in [3.63, 3.8) is 0 Å². The summed E-state index contributed by atoms with van der Waals surface area (Å²) in [5, 5.41) is 2.95. The normalized spacial score (nSPS) is 39.4. The first kappa shape index (κ1) is 14.0. The van der Waals surface area contributed by atoms with E-state index in [1.165, 1.54) is 0 Å². The molecule has 1 N–H and O–H groups in total. The van der Waals surface area contributed by atoms with Crippen molar-refractivity contribution < 1.29 is 14.3 Å². The number of carbonyl (C=O) groups is 2. The topological polar surface area (TPSA) is 55.4 Å². The number of hydrogen-bond acceptors (Lipinski definition) is 3. The monoisotopic (exact) mass is 461 g/mol. The van der Waals surface area contributed by atoms with Crippen LogP contribution in [0.2, 0.25) is 0 Å². The van der Waals surface area contributed by atoms with Crippen LogP contribution in [-0.2, 0) is 14.3 Å². The second-order valence-electron chi connectivity index (χ2n) is 5.96. The third kappa shape index (κ3) is 2.05. The Bertz CT molecular complexity index is 620. The highest BCUT2D eigenvalue weighted by atomic mass is 127. The lowest BCUT2D eigenvalue weighted by Gasteiger charge is -2.27. The van der Waals surface area contributed by atoms with Gasteiger partial charge in [0.2, 0.25) is 5.91 Å². The molecule has 4 rings (SSSR count). The Labute approximate surface area is 144 Å². The van der Waals surface area contributed by atoms with Crippen LogP contribution >= 0.6 is 38.5 Å². The number of nitrogens with one attached hydrogen (secondary N) is 1. The zero-order chi connectivity index (χ0) is 14.7. The number of ether oxygens (including phenoxy) is 1. The molecule has 0 aromatic heterocycles. The Morgan fingerprint density at radius 2 is 2.00 bits per heavy atom. The van der Waals surface area contributed by atoms with Gasteiger partial charge in [-0.15, -0.1) is 0 Å². The summed E-state index contributed by atoms with van der Waals surface area (Å²) in [5.41, 5.74) is 0.775. The molecule has 3 fully saturated rings. The molecule has 2 aliphatic carbocycles. The SMILES string of the molecule is O=C(Nc1ccc(I)cc1)[C@@H]1[C@H]2C[C@H]3[C@H](OC(=O)[C@@H]31)[C@@H]2Br. The summed E-state index contributed by atoms with van der Waals surface area (Å²) in [4.78, 5) is 24.8. The molecule has 4 nitrogen and oxygen atoms in total. The summed E-state index contributed by atoms with van der Waals surface area (Å²) < 4.78 is 6.55. The predicted octanol–water partition coefficient (Wildman–Crippen LogP) is 2.80. The van der Waals surface area contributed by atoms with Gasteiger partial charge in [0, 0.05) is 15.2 Å². The molecule has 110 valence electrons. The molecule has 21 heavy (non-hydrogen) atoms. The van der Waals surface area contributed by atoms with Crippen molar-refractivity contribution in [1.82, 2.24) is 0 Å². The van der Waals surface area contributed by atoms with Gasteiger partial charge in [0.25, 0.3) is 0 Å². The van der Waals surface area contributed by atoms with Crippen LogP contribution in [0.4, 0.5) is 5.69 Å². The third-order valence-electron chi connectivity index (χ3n) is 4.94. The fourth-order valence-electron chi connectivity index (χ4n) is 4.09. The Kier molecular flexibility index (Phi) is 3.29. The van der Waals surface area contributed by atoms with Gasteiger partial charge in [-0.05, 0) is 59.2 Å². The molecule has 1 amide bonds. The van der Waals surface area contributed by atoms with Gasteiger partial charge in [-0.2, -0.15) is 0 Å². The summed E-state index contributed by atoms with van der Waals surface area (Å²) in [5.74, 6) is -0.380. The maximum atomic E-state index is 12.6. The number of rotatable bonds is 2. The van der Waals surface area contributed by atoms with Crippen molar-refractivity contribution in [2.75, 3.05) is 5.32 Å².